The lowest BCUT2D eigenvalue weighted by Crippen LogP contribution is -2.05. The second-order valence-electron chi connectivity index (χ2n) is 4.58. The number of nitrogens with two attached hydrogens (primary N) is 1. The highest BCUT2D eigenvalue weighted by Crippen LogP contribution is 2.24. The molecule has 0 fully saturated rings. The number of benzene rings is 1. The summed E-state index contributed by atoms with van der Waals surface area (Å²) in [5.74, 6) is 0.685. The van der Waals surface area contributed by atoms with Crippen molar-refractivity contribution in [2.24, 2.45) is 7.05 Å². The van der Waals surface area contributed by atoms with Gasteiger partial charge in [-0.15, -0.1) is 0 Å². The van der Waals surface area contributed by atoms with Crippen LogP contribution in [0.3, 0.4) is 0 Å². The molecule has 4 heteroatoms. The van der Waals surface area contributed by atoms with Crippen LogP contribution in [0.2, 0.25) is 0 Å². The third kappa shape index (κ3) is 3.28. The van der Waals surface area contributed by atoms with Gasteiger partial charge in [-0.05, 0) is 24.8 Å². The Kier molecular flexibility index (Phi) is 4.44. The van der Waals surface area contributed by atoms with Crippen LogP contribution < -0.4 is 10.5 Å². The van der Waals surface area contributed by atoms with Gasteiger partial charge in [-0.2, -0.15) is 5.10 Å². The molecule has 0 bridgehead atoms. The van der Waals surface area contributed by atoms with Gasteiger partial charge in [0.25, 0.3) is 0 Å². The highest BCUT2D eigenvalue weighted by Gasteiger charge is 2.12. The van der Waals surface area contributed by atoms with Crippen molar-refractivity contribution in [3.05, 3.63) is 41.6 Å². The van der Waals surface area contributed by atoms with E-state index in [0.717, 1.165) is 25.0 Å². The van der Waals surface area contributed by atoms with E-state index in [4.69, 9.17) is 10.5 Å². The first-order valence-corrected chi connectivity index (χ1v) is 6.70. The van der Waals surface area contributed by atoms with Crippen LogP contribution in [0.15, 0.2) is 30.3 Å². The molecule has 0 atom stereocenters. The van der Waals surface area contributed by atoms with Gasteiger partial charge in [0, 0.05) is 7.05 Å². The first kappa shape index (κ1) is 13.5. The summed E-state index contributed by atoms with van der Waals surface area (Å²) in [5.41, 5.74) is 8.91. The van der Waals surface area contributed by atoms with Gasteiger partial charge in [0.1, 0.15) is 5.69 Å². The van der Waals surface area contributed by atoms with Crippen molar-refractivity contribution in [2.45, 2.75) is 26.2 Å². The highest BCUT2D eigenvalue weighted by atomic mass is 16.5. The molecule has 102 valence electrons. The zero-order chi connectivity index (χ0) is 13.7. The zero-order valence-corrected chi connectivity index (χ0v) is 11.6. The van der Waals surface area contributed by atoms with E-state index >= 15 is 0 Å². The van der Waals surface area contributed by atoms with E-state index in [2.05, 4.69) is 29.4 Å². The summed E-state index contributed by atoms with van der Waals surface area (Å²) < 4.78 is 7.47. The maximum atomic E-state index is 6.00. The molecule has 0 aliphatic rings. The second-order valence-corrected chi connectivity index (χ2v) is 4.58. The van der Waals surface area contributed by atoms with E-state index in [1.54, 1.807) is 4.68 Å². The number of rotatable bonds is 6. The van der Waals surface area contributed by atoms with Crippen LogP contribution in [0, 0.1) is 0 Å². The number of aromatic nitrogens is 2. The summed E-state index contributed by atoms with van der Waals surface area (Å²) in [5, 5.41) is 4.33. The van der Waals surface area contributed by atoms with Crippen LogP contribution in [-0.4, -0.2) is 16.4 Å². The van der Waals surface area contributed by atoms with E-state index in [0.29, 0.717) is 18.2 Å². The highest BCUT2D eigenvalue weighted by molar-refractivity contribution is 5.53. The Balaban J connectivity index is 1.85. The predicted molar refractivity (Wildman–Crippen MR) is 77.3 cm³/mol. The SMILES string of the molecule is CCc1nn(C)c(OCCCc2ccccc2)c1N. The van der Waals surface area contributed by atoms with E-state index in [1.165, 1.54) is 5.56 Å². The largest absolute Gasteiger partial charge is 0.476 e. The lowest BCUT2D eigenvalue weighted by molar-refractivity contribution is 0.286. The van der Waals surface area contributed by atoms with Crippen LogP contribution >= 0.6 is 0 Å². The van der Waals surface area contributed by atoms with Gasteiger partial charge in [0.2, 0.25) is 5.88 Å². The molecule has 0 spiro atoms. The molecule has 1 heterocycles. The Labute approximate surface area is 114 Å². The Morgan fingerprint density at radius 2 is 2.00 bits per heavy atom. The second kappa shape index (κ2) is 6.27. The van der Waals surface area contributed by atoms with Crippen molar-refractivity contribution < 1.29 is 4.74 Å². The molecule has 19 heavy (non-hydrogen) atoms. The number of hydrogen-bond acceptors (Lipinski definition) is 3. The molecule has 2 N–H and O–H groups in total. The molecule has 0 saturated heterocycles. The van der Waals surface area contributed by atoms with Crippen LogP contribution in [0.5, 0.6) is 5.88 Å². The molecule has 0 radical (unpaired) electrons. The average Bonchev–Trinajstić information content (AvgIpc) is 2.71. The lowest BCUT2D eigenvalue weighted by Gasteiger charge is -2.07. The maximum absolute atomic E-state index is 6.00. The molecule has 0 amide bonds. The topological polar surface area (TPSA) is 53.1 Å². The van der Waals surface area contributed by atoms with Gasteiger partial charge < -0.3 is 10.5 Å². The summed E-state index contributed by atoms with van der Waals surface area (Å²) in [6, 6.07) is 10.4. The van der Waals surface area contributed by atoms with Gasteiger partial charge in [-0.1, -0.05) is 37.3 Å². The molecule has 2 rings (SSSR count). The molecule has 0 aliphatic carbocycles. The molecule has 0 saturated carbocycles. The van der Waals surface area contributed by atoms with Crippen LogP contribution in [0.1, 0.15) is 24.6 Å². The summed E-state index contributed by atoms with van der Waals surface area (Å²) >= 11 is 0. The monoisotopic (exact) mass is 259 g/mol. The average molecular weight is 259 g/mol. The Hall–Kier alpha value is -1.97. The molecule has 1 aromatic carbocycles. The van der Waals surface area contributed by atoms with Crippen molar-refractivity contribution in [2.75, 3.05) is 12.3 Å². The van der Waals surface area contributed by atoms with Crippen LogP contribution in [0.4, 0.5) is 5.69 Å². The van der Waals surface area contributed by atoms with Crippen LogP contribution in [-0.2, 0) is 19.9 Å². The number of nitrogens with zero attached hydrogens (tertiary/aromatic N) is 2. The minimum absolute atomic E-state index is 0.655. The fourth-order valence-electron chi connectivity index (χ4n) is 2.10. The summed E-state index contributed by atoms with van der Waals surface area (Å²) in [6.07, 6.45) is 2.81. The first-order valence-electron chi connectivity index (χ1n) is 6.70. The van der Waals surface area contributed by atoms with Gasteiger partial charge in [-0.25, -0.2) is 4.68 Å². The van der Waals surface area contributed by atoms with E-state index < -0.39 is 0 Å². The molecule has 2 aromatic rings. The quantitative estimate of drug-likeness (QED) is 0.811. The summed E-state index contributed by atoms with van der Waals surface area (Å²) in [4.78, 5) is 0. The normalized spacial score (nSPS) is 10.6. The Bertz CT molecular complexity index is 520. The summed E-state index contributed by atoms with van der Waals surface area (Å²) in [7, 11) is 1.86. The van der Waals surface area contributed by atoms with Gasteiger partial charge >= 0.3 is 0 Å². The third-order valence-corrected chi connectivity index (χ3v) is 3.13. The fourth-order valence-corrected chi connectivity index (χ4v) is 2.10. The number of anilines is 1. The molecule has 4 nitrogen and oxygen atoms in total. The molecule has 1 aromatic heterocycles. The van der Waals surface area contributed by atoms with Gasteiger partial charge in [0.15, 0.2) is 0 Å². The van der Waals surface area contributed by atoms with Crippen molar-refractivity contribution in [1.82, 2.24) is 9.78 Å². The predicted octanol–water partition coefficient (Wildman–Crippen LogP) is 2.58. The summed E-state index contributed by atoms with van der Waals surface area (Å²) in [6.45, 7) is 2.69. The molecular formula is C15H21N3O. The van der Waals surface area contributed by atoms with Crippen LogP contribution in [0.25, 0.3) is 0 Å². The van der Waals surface area contributed by atoms with Crippen molar-refractivity contribution in [3.8, 4) is 5.88 Å². The number of hydrogen-bond donors (Lipinski definition) is 1. The minimum atomic E-state index is 0.655. The number of ether oxygens (including phenoxy) is 1. The van der Waals surface area contributed by atoms with Crippen molar-refractivity contribution >= 4 is 5.69 Å². The maximum Gasteiger partial charge on any atom is 0.235 e. The van der Waals surface area contributed by atoms with E-state index in [1.807, 2.05) is 20.0 Å². The smallest absolute Gasteiger partial charge is 0.235 e. The van der Waals surface area contributed by atoms with Gasteiger partial charge in [-0.3, -0.25) is 0 Å². The minimum Gasteiger partial charge on any atom is -0.476 e. The number of aryl methyl sites for hydroxylation is 3. The van der Waals surface area contributed by atoms with Gasteiger partial charge in [0.05, 0.1) is 12.3 Å². The number of nitrogen functional groups attached to an aromatic ring is 1. The molecular weight excluding hydrogens is 238 g/mol. The molecule has 0 unspecified atom stereocenters. The third-order valence-electron chi connectivity index (χ3n) is 3.13. The van der Waals surface area contributed by atoms with E-state index in [-0.39, 0.29) is 0 Å². The molecule has 0 aliphatic heterocycles. The first-order chi connectivity index (χ1) is 9.22. The standard InChI is InChI=1S/C15H21N3O/c1-3-13-14(16)15(18(2)17-13)19-11-7-10-12-8-5-4-6-9-12/h4-6,8-9H,3,7,10-11,16H2,1-2H3. The lowest BCUT2D eigenvalue weighted by atomic mass is 10.1. The van der Waals surface area contributed by atoms with E-state index in [9.17, 15) is 0 Å². The van der Waals surface area contributed by atoms with Crippen molar-refractivity contribution in [3.63, 3.8) is 0 Å². The zero-order valence-electron chi connectivity index (χ0n) is 11.6. The van der Waals surface area contributed by atoms with Crippen molar-refractivity contribution in [1.29, 1.82) is 0 Å². The Morgan fingerprint density at radius 1 is 1.26 bits per heavy atom. The Morgan fingerprint density at radius 3 is 2.63 bits per heavy atom. The fraction of sp³-hybridized carbons (Fsp3) is 0.400.